The highest BCUT2D eigenvalue weighted by atomic mass is 35.5. The Morgan fingerprint density at radius 3 is 2.71 bits per heavy atom. The molecule has 0 aromatic heterocycles. The predicted octanol–water partition coefficient (Wildman–Crippen LogP) is 3.05. The number of hydrogen-bond donors (Lipinski definition) is 0. The van der Waals surface area contributed by atoms with Crippen molar-refractivity contribution in [3.8, 4) is 0 Å². The maximum Gasteiger partial charge on any atom is 0.222 e. The molecule has 2 aliphatic rings. The van der Waals surface area contributed by atoms with Gasteiger partial charge >= 0.3 is 0 Å². The zero-order valence-electron chi connectivity index (χ0n) is 12.1. The molecular formula is C16H21ClN2OS. The zero-order chi connectivity index (χ0) is 14.7. The van der Waals surface area contributed by atoms with E-state index in [2.05, 4.69) is 17.0 Å². The van der Waals surface area contributed by atoms with Crippen LogP contribution in [0.5, 0.6) is 0 Å². The minimum Gasteiger partial charge on any atom is -0.341 e. The number of nitrogens with zero attached hydrogens (tertiary/aromatic N) is 2. The zero-order valence-corrected chi connectivity index (χ0v) is 13.7. The number of likely N-dealkylation sites (tertiary alicyclic amines) is 1. The van der Waals surface area contributed by atoms with Crippen molar-refractivity contribution < 1.29 is 4.79 Å². The molecule has 21 heavy (non-hydrogen) atoms. The fraction of sp³-hybridized carbons (Fsp3) is 0.562. The standard InChI is InChI=1S/C16H21ClN2OS/c17-14-5-3-13(4-6-14)15-12-21-11-10-18(15)8-9-19-7-1-2-16(19)20/h3-6,15H,1-2,7-12H2/t15-/m0/s1. The largest absolute Gasteiger partial charge is 0.341 e. The lowest BCUT2D eigenvalue weighted by Gasteiger charge is -2.36. The number of thioether (sulfide) groups is 1. The molecule has 0 saturated carbocycles. The fourth-order valence-corrected chi connectivity index (χ4v) is 4.37. The minimum absolute atomic E-state index is 0.324. The Hall–Kier alpha value is -0.710. The summed E-state index contributed by atoms with van der Waals surface area (Å²) in [6.07, 6.45) is 1.76. The molecular weight excluding hydrogens is 304 g/mol. The Labute approximate surface area is 135 Å². The third-order valence-corrected chi connectivity index (χ3v) is 5.60. The van der Waals surface area contributed by atoms with Crippen molar-refractivity contribution in [1.82, 2.24) is 9.80 Å². The third kappa shape index (κ3) is 3.74. The normalized spacial score (nSPS) is 23.8. The van der Waals surface area contributed by atoms with Crippen LogP contribution in [-0.2, 0) is 4.79 Å². The lowest BCUT2D eigenvalue weighted by molar-refractivity contribution is -0.127. The van der Waals surface area contributed by atoms with E-state index in [0.29, 0.717) is 11.9 Å². The van der Waals surface area contributed by atoms with Crippen LogP contribution in [0.15, 0.2) is 24.3 Å². The van der Waals surface area contributed by atoms with E-state index in [0.717, 1.165) is 49.8 Å². The maximum atomic E-state index is 11.7. The van der Waals surface area contributed by atoms with Gasteiger partial charge in [0.25, 0.3) is 0 Å². The van der Waals surface area contributed by atoms with Gasteiger partial charge in [-0.25, -0.2) is 0 Å². The summed E-state index contributed by atoms with van der Waals surface area (Å²) in [5, 5.41) is 0.788. The number of amides is 1. The summed E-state index contributed by atoms with van der Waals surface area (Å²) in [6, 6.07) is 8.65. The van der Waals surface area contributed by atoms with Crippen LogP contribution in [0.1, 0.15) is 24.4 Å². The summed E-state index contributed by atoms with van der Waals surface area (Å²) in [5.74, 6) is 2.62. The highest BCUT2D eigenvalue weighted by Gasteiger charge is 2.26. The van der Waals surface area contributed by atoms with Gasteiger partial charge in [-0.05, 0) is 24.1 Å². The molecule has 1 aromatic carbocycles. The van der Waals surface area contributed by atoms with Gasteiger partial charge in [-0.3, -0.25) is 9.69 Å². The van der Waals surface area contributed by atoms with E-state index in [9.17, 15) is 4.79 Å². The Balaban J connectivity index is 1.63. The molecule has 1 atom stereocenters. The average molecular weight is 325 g/mol. The second-order valence-electron chi connectivity index (χ2n) is 5.66. The molecule has 1 aromatic rings. The molecule has 0 aliphatic carbocycles. The predicted molar refractivity (Wildman–Crippen MR) is 88.9 cm³/mol. The summed E-state index contributed by atoms with van der Waals surface area (Å²) in [6.45, 7) is 3.88. The lowest BCUT2D eigenvalue weighted by atomic mass is 10.1. The third-order valence-electron chi connectivity index (χ3n) is 4.32. The molecule has 3 rings (SSSR count). The number of hydrogen-bond acceptors (Lipinski definition) is 3. The summed E-state index contributed by atoms with van der Waals surface area (Å²) >= 11 is 8.00. The molecule has 2 saturated heterocycles. The van der Waals surface area contributed by atoms with Crippen molar-refractivity contribution >= 4 is 29.3 Å². The van der Waals surface area contributed by atoms with E-state index in [1.165, 1.54) is 11.3 Å². The molecule has 3 nitrogen and oxygen atoms in total. The van der Waals surface area contributed by atoms with Gasteiger partial charge in [0.2, 0.25) is 5.91 Å². The van der Waals surface area contributed by atoms with Crippen molar-refractivity contribution in [3.63, 3.8) is 0 Å². The number of rotatable bonds is 4. The first-order valence-corrected chi connectivity index (χ1v) is 9.12. The summed E-state index contributed by atoms with van der Waals surface area (Å²) in [4.78, 5) is 16.3. The van der Waals surface area contributed by atoms with E-state index in [-0.39, 0.29) is 0 Å². The second kappa shape index (κ2) is 7.03. The molecule has 1 amide bonds. The smallest absolute Gasteiger partial charge is 0.222 e. The molecule has 0 radical (unpaired) electrons. The van der Waals surface area contributed by atoms with E-state index in [1.54, 1.807) is 0 Å². The van der Waals surface area contributed by atoms with Crippen molar-refractivity contribution in [2.24, 2.45) is 0 Å². The van der Waals surface area contributed by atoms with Gasteiger partial charge in [0.1, 0.15) is 0 Å². The van der Waals surface area contributed by atoms with Gasteiger partial charge in [-0.2, -0.15) is 11.8 Å². The molecule has 0 spiro atoms. The van der Waals surface area contributed by atoms with Gasteiger partial charge in [0, 0.05) is 55.2 Å². The van der Waals surface area contributed by atoms with Gasteiger partial charge < -0.3 is 4.90 Å². The van der Waals surface area contributed by atoms with Gasteiger partial charge in [-0.15, -0.1) is 0 Å². The number of carbonyl (C=O) groups is 1. The van der Waals surface area contributed by atoms with Gasteiger partial charge in [0.15, 0.2) is 0 Å². The van der Waals surface area contributed by atoms with Crippen molar-refractivity contribution in [2.75, 3.05) is 37.7 Å². The Bertz CT molecular complexity index is 494. The van der Waals surface area contributed by atoms with E-state index < -0.39 is 0 Å². The molecule has 2 heterocycles. The van der Waals surface area contributed by atoms with Crippen LogP contribution in [0.25, 0.3) is 0 Å². The first-order valence-electron chi connectivity index (χ1n) is 7.59. The molecule has 5 heteroatoms. The quantitative estimate of drug-likeness (QED) is 0.850. The van der Waals surface area contributed by atoms with Crippen LogP contribution < -0.4 is 0 Å². The number of benzene rings is 1. The fourth-order valence-electron chi connectivity index (χ4n) is 3.09. The van der Waals surface area contributed by atoms with E-state index in [4.69, 9.17) is 11.6 Å². The lowest BCUT2D eigenvalue weighted by Crippen LogP contribution is -2.41. The van der Waals surface area contributed by atoms with Crippen LogP contribution in [0, 0.1) is 0 Å². The van der Waals surface area contributed by atoms with Crippen LogP contribution in [-0.4, -0.2) is 53.4 Å². The maximum absolute atomic E-state index is 11.7. The Morgan fingerprint density at radius 2 is 2.00 bits per heavy atom. The number of carbonyl (C=O) groups excluding carboxylic acids is 1. The summed E-state index contributed by atoms with van der Waals surface area (Å²) < 4.78 is 0. The molecule has 2 fully saturated rings. The first kappa shape index (κ1) is 15.2. The topological polar surface area (TPSA) is 23.6 Å². The average Bonchev–Trinajstić information content (AvgIpc) is 2.92. The minimum atomic E-state index is 0.324. The Morgan fingerprint density at radius 1 is 1.19 bits per heavy atom. The SMILES string of the molecule is O=C1CCCN1CCN1CCSC[C@H]1c1ccc(Cl)cc1. The summed E-state index contributed by atoms with van der Waals surface area (Å²) in [7, 11) is 0. The van der Waals surface area contributed by atoms with Crippen LogP contribution in [0.3, 0.4) is 0 Å². The summed E-state index contributed by atoms with van der Waals surface area (Å²) in [5.41, 5.74) is 1.33. The van der Waals surface area contributed by atoms with E-state index in [1.807, 2.05) is 28.8 Å². The monoisotopic (exact) mass is 324 g/mol. The molecule has 0 bridgehead atoms. The van der Waals surface area contributed by atoms with Crippen molar-refractivity contribution in [1.29, 1.82) is 0 Å². The highest BCUT2D eigenvalue weighted by molar-refractivity contribution is 7.99. The van der Waals surface area contributed by atoms with E-state index >= 15 is 0 Å². The first-order chi connectivity index (χ1) is 10.2. The second-order valence-corrected chi connectivity index (χ2v) is 7.25. The number of halogens is 1. The molecule has 2 aliphatic heterocycles. The molecule has 0 N–H and O–H groups in total. The van der Waals surface area contributed by atoms with Crippen LogP contribution >= 0.6 is 23.4 Å². The Kier molecular flexibility index (Phi) is 5.09. The van der Waals surface area contributed by atoms with Crippen LogP contribution in [0.4, 0.5) is 0 Å². The van der Waals surface area contributed by atoms with Gasteiger partial charge in [0.05, 0.1) is 0 Å². The molecule has 114 valence electrons. The molecule has 0 unspecified atom stereocenters. The van der Waals surface area contributed by atoms with Crippen LogP contribution in [0.2, 0.25) is 5.02 Å². The van der Waals surface area contributed by atoms with Gasteiger partial charge in [-0.1, -0.05) is 23.7 Å². The highest BCUT2D eigenvalue weighted by Crippen LogP contribution is 2.30. The van der Waals surface area contributed by atoms with Crippen molar-refractivity contribution in [2.45, 2.75) is 18.9 Å². The van der Waals surface area contributed by atoms with Crippen molar-refractivity contribution in [3.05, 3.63) is 34.9 Å².